The molecule has 1 fully saturated rings. The summed E-state index contributed by atoms with van der Waals surface area (Å²) in [5.74, 6) is 0.682. The number of imide groups is 1. The molecule has 5 nitrogen and oxygen atoms in total. The summed E-state index contributed by atoms with van der Waals surface area (Å²) in [5, 5.41) is 3.24. The van der Waals surface area contributed by atoms with E-state index in [1.807, 2.05) is 19.1 Å². The Kier molecular flexibility index (Phi) is 3.22. The Morgan fingerprint density at radius 1 is 1.40 bits per heavy atom. The number of nitrogens with one attached hydrogen (secondary N) is 1. The average molecular weight is 274 g/mol. The maximum absolute atomic E-state index is 11.9. The number of ether oxygens (including phenoxy) is 1. The summed E-state index contributed by atoms with van der Waals surface area (Å²) in [6.45, 7) is 2.74. The molecular weight excluding hydrogens is 256 g/mol. The van der Waals surface area contributed by atoms with Crippen molar-refractivity contribution in [2.45, 2.75) is 31.8 Å². The second-order valence-electron chi connectivity index (χ2n) is 5.40. The van der Waals surface area contributed by atoms with E-state index in [1.54, 1.807) is 0 Å². The lowest BCUT2D eigenvalue weighted by atomic mass is 10.0. The summed E-state index contributed by atoms with van der Waals surface area (Å²) in [5.41, 5.74) is 2.33. The number of carbonyl (C=O) groups excluding carboxylic acids is 2. The normalized spacial score (nSPS) is 22.9. The molecule has 2 unspecified atom stereocenters. The number of carbonyl (C=O) groups is 2. The highest BCUT2D eigenvalue weighted by Crippen LogP contribution is 2.28. The van der Waals surface area contributed by atoms with Crippen LogP contribution in [0, 0.1) is 0 Å². The highest BCUT2D eigenvalue weighted by molar-refractivity contribution is 6.05. The number of amides is 2. The van der Waals surface area contributed by atoms with Gasteiger partial charge in [0.05, 0.1) is 19.1 Å². The van der Waals surface area contributed by atoms with E-state index in [9.17, 15) is 9.59 Å². The molecule has 20 heavy (non-hydrogen) atoms. The lowest BCUT2D eigenvalue weighted by Crippen LogP contribution is -2.38. The predicted octanol–water partition coefficient (Wildman–Crippen LogP) is 1.03. The van der Waals surface area contributed by atoms with Crippen LogP contribution in [-0.4, -0.2) is 36.4 Å². The average Bonchev–Trinajstić information content (AvgIpc) is 2.99. The van der Waals surface area contributed by atoms with Crippen molar-refractivity contribution in [2.75, 3.05) is 13.7 Å². The number of rotatable bonds is 3. The topological polar surface area (TPSA) is 58.6 Å². The van der Waals surface area contributed by atoms with Crippen LogP contribution in [0.25, 0.3) is 0 Å². The van der Waals surface area contributed by atoms with Crippen LogP contribution >= 0.6 is 0 Å². The third-order valence-corrected chi connectivity index (χ3v) is 4.05. The molecule has 1 aromatic carbocycles. The molecule has 0 saturated carbocycles. The monoisotopic (exact) mass is 274 g/mol. The number of likely N-dealkylation sites (tertiary alicyclic amines) is 1. The van der Waals surface area contributed by atoms with Gasteiger partial charge in [0.15, 0.2) is 0 Å². The van der Waals surface area contributed by atoms with Gasteiger partial charge in [-0.25, -0.2) is 0 Å². The first-order chi connectivity index (χ1) is 9.56. The molecule has 106 valence electrons. The molecule has 1 saturated heterocycles. The summed E-state index contributed by atoms with van der Waals surface area (Å²) >= 11 is 0. The van der Waals surface area contributed by atoms with Gasteiger partial charge in [0.2, 0.25) is 11.8 Å². The summed E-state index contributed by atoms with van der Waals surface area (Å²) in [6, 6.07) is 5.71. The Hall–Kier alpha value is -1.88. The van der Waals surface area contributed by atoms with Crippen LogP contribution in [0.5, 0.6) is 5.75 Å². The molecule has 3 rings (SSSR count). The second kappa shape index (κ2) is 4.90. The van der Waals surface area contributed by atoms with Crippen molar-refractivity contribution in [3.05, 3.63) is 29.3 Å². The predicted molar refractivity (Wildman–Crippen MR) is 73.4 cm³/mol. The fourth-order valence-corrected chi connectivity index (χ4v) is 2.76. The molecule has 5 heteroatoms. The maximum Gasteiger partial charge on any atom is 0.246 e. The van der Waals surface area contributed by atoms with Crippen LogP contribution in [0.4, 0.5) is 0 Å². The third-order valence-electron chi connectivity index (χ3n) is 4.05. The molecule has 0 aliphatic carbocycles. The van der Waals surface area contributed by atoms with Gasteiger partial charge in [-0.05, 0) is 24.1 Å². The van der Waals surface area contributed by atoms with E-state index in [-0.39, 0.29) is 24.3 Å². The van der Waals surface area contributed by atoms with E-state index in [4.69, 9.17) is 4.74 Å². The zero-order valence-corrected chi connectivity index (χ0v) is 11.7. The number of hydrogen-bond acceptors (Lipinski definition) is 4. The zero-order chi connectivity index (χ0) is 14.3. The van der Waals surface area contributed by atoms with Crippen LogP contribution in [-0.2, 0) is 16.0 Å². The van der Waals surface area contributed by atoms with Crippen LogP contribution in [0.15, 0.2) is 18.2 Å². The molecule has 2 heterocycles. The van der Waals surface area contributed by atoms with E-state index in [1.165, 1.54) is 17.5 Å². The third kappa shape index (κ3) is 2.18. The SMILES string of the molecule is CC(NC1CC(=O)N(C)C1=O)c1ccc2c(c1)CCO2. The van der Waals surface area contributed by atoms with E-state index < -0.39 is 6.04 Å². The molecule has 0 aromatic heterocycles. The minimum absolute atomic E-state index is 0.0224. The Bertz CT molecular complexity index is 570. The maximum atomic E-state index is 11.9. The lowest BCUT2D eigenvalue weighted by Gasteiger charge is -2.18. The quantitative estimate of drug-likeness (QED) is 0.836. The molecule has 2 atom stereocenters. The van der Waals surface area contributed by atoms with Gasteiger partial charge in [0, 0.05) is 19.5 Å². The van der Waals surface area contributed by atoms with E-state index in [0.717, 1.165) is 24.3 Å². The van der Waals surface area contributed by atoms with E-state index in [0.29, 0.717) is 0 Å². The molecule has 2 aliphatic rings. The van der Waals surface area contributed by atoms with Gasteiger partial charge < -0.3 is 4.74 Å². The first-order valence-electron chi connectivity index (χ1n) is 6.88. The van der Waals surface area contributed by atoms with Gasteiger partial charge in [-0.3, -0.25) is 19.8 Å². The van der Waals surface area contributed by atoms with Crippen molar-refractivity contribution >= 4 is 11.8 Å². The van der Waals surface area contributed by atoms with Crippen molar-refractivity contribution in [1.82, 2.24) is 10.2 Å². The summed E-state index contributed by atoms with van der Waals surface area (Å²) < 4.78 is 5.49. The van der Waals surface area contributed by atoms with Crippen molar-refractivity contribution in [3.8, 4) is 5.75 Å². The second-order valence-corrected chi connectivity index (χ2v) is 5.40. The Balaban J connectivity index is 1.72. The first kappa shape index (κ1) is 13.1. The van der Waals surface area contributed by atoms with E-state index in [2.05, 4.69) is 11.4 Å². The molecule has 0 bridgehead atoms. The first-order valence-corrected chi connectivity index (χ1v) is 6.88. The van der Waals surface area contributed by atoms with Crippen molar-refractivity contribution in [1.29, 1.82) is 0 Å². The van der Waals surface area contributed by atoms with Gasteiger partial charge in [0.1, 0.15) is 5.75 Å². The Morgan fingerprint density at radius 2 is 2.20 bits per heavy atom. The van der Waals surface area contributed by atoms with Gasteiger partial charge in [-0.2, -0.15) is 0 Å². The largest absolute Gasteiger partial charge is 0.493 e. The number of hydrogen-bond donors (Lipinski definition) is 1. The minimum atomic E-state index is -0.410. The van der Waals surface area contributed by atoms with Crippen LogP contribution in [0.3, 0.4) is 0 Å². The van der Waals surface area contributed by atoms with Gasteiger partial charge in [-0.1, -0.05) is 12.1 Å². The highest BCUT2D eigenvalue weighted by atomic mass is 16.5. The molecule has 0 radical (unpaired) electrons. The van der Waals surface area contributed by atoms with Crippen molar-refractivity contribution < 1.29 is 14.3 Å². The number of likely N-dealkylation sites (N-methyl/N-ethyl adjacent to an activating group) is 1. The smallest absolute Gasteiger partial charge is 0.246 e. The van der Waals surface area contributed by atoms with Crippen LogP contribution < -0.4 is 10.1 Å². The Labute approximate surface area is 117 Å². The summed E-state index contributed by atoms with van der Waals surface area (Å²) in [6.07, 6.45) is 1.17. The molecule has 2 aliphatic heterocycles. The minimum Gasteiger partial charge on any atom is -0.493 e. The van der Waals surface area contributed by atoms with Crippen LogP contribution in [0.2, 0.25) is 0 Å². The lowest BCUT2D eigenvalue weighted by molar-refractivity contribution is -0.137. The fraction of sp³-hybridized carbons (Fsp3) is 0.467. The molecule has 0 spiro atoms. The van der Waals surface area contributed by atoms with E-state index >= 15 is 0 Å². The number of nitrogens with zero attached hydrogens (tertiary/aromatic N) is 1. The van der Waals surface area contributed by atoms with Crippen LogP contribution in [0.1, 0.15) is 30.5 Å². The number of benzene rings is 1. The summed E-state index contributed by atoms with van der Waals surface area (Å²) in [7, 11) is 1.53. The zero-order valence-electron chi connectivity index (χ0n) is 11.7. The number of fused-ring (bicyclic) bond motifs is 1. The molecule has 1 N–H and O–H groups in total. The fourth-order valence-electron chi connectivity index (χ4n) is 2.76. The molecular formula is C15H18N2O3. The van der Waals surface area contributed by atoms with Crippen molar-refractivity contribution in [3.63, 3.8) is 0 Å². The highest BCUT2D eigenvalue weighted by Gasteiger charge is 2.36. The van der Waals surface area contributed by atoms with Gasteiger partial charge >= 0.3 is 0 Å². The standard InChI is InChI=1S/C15H18N2O3/c1-9(16-12-8-14(18)17(2)15(12)19)10-3-4-13-11(7-10)5-6-20-13/h3-4,7,9,12,16H,5-6,8H2,1-2H3. The molecule has 2 amide bonds. The Morgan fingerprint density at radius 3 is 2.90 bits per heavy atom. The summed E-state index contributed by atoms with van der Waals surface area (Å²) in [4.78, 5) is 24.6. The van der Waals surface area contributed by atoms with Crippen molar-refractivity contribution in [2.24, 2.45) is 0 Å². The van der Waals surface area contributed by atoms with Gasteiger partial charge in [-0.15, -0.1) is 0 Å². The van der Waals surface area contributed by atoms with Gasteiger partial charge in [0.25, 0.3) is 0 Å². The molecule has 1 aromatic rings.